The molecular weight excluding hydrogens is 443 g/mol. The summed E-state index contributed by atoms with van der Waals surface area (Å²) in [6, 6.07) is 0.324. The van der Waals surface area contributed by atoms with Crippen LogP contribution >= 0.6 is 24.0 Å². The highest BCUT2D eigenvalue weighted by Crippen LogP contribution is 2.21. The molecular formula is C18H35IN6O. The van der Waals surface area contributed by atoms with Gasteiger partial charge in [-0.25, -0.2) is 9.67 Å². The molecule has 0 radical (unpaired) electrons. The number of ether oxygens (including phenoxy) is 1. The van der Waals surface area contributed by atoms with Crippen molar-refractivity contribution in [2.45, 2.75) is 72.1 Å². The van der Waals surface area contributed by atoms with Gasteiger partial charge in [0.05, 0.1) is 6.54 Å². The molecule has 0 spiro atoms. The second-order valence-corrected chi connectivity index (χ2v) is 7.96. The number of aromatic nitrogens is 3. The number of hydrogen-bond donors (Lipinski definition) is 2. The number of nitrogens with zero attached hydrogens (tertiary/aromatic N) is 4. The summed E-state index contributed by atoms with van der Waals surface area (Å²) >= 11 is 0. The number of aliphatic imine (C=N–C) groups is 1. The number of guanidine groups is 1. The normalized spacial score (nSPS) is 17.4. The van der Waals surface area contributed by atoms with Crippen molar-refractivity contribution in [3.8, 4) is 0 Å². The molecule has 150 valence electrons. The lowest BCUT2D eigenvalue weighted by Gasteiger charge is -2.25. The van der Waals surface area contributed by atoms with E-state index < -0.39 is 0 Å². The van der Waals surface area contributed by atoms with Gasteiger partial charge in [-0.15, -0.1) is 24.0 Å². The van der Waals surface area contributed by atoms with Gasteiger partial charge in [0.25, 0.3) is 0 Å². The molecule has 0 aromatic carbocycles. The van der Waals surface area contributed by atoms with E-state index in [1.165, 1.54) is 12.8 Å². The van der Waals surface area contributed by atoms with Crippen LogP contribution in [0.1, 0.15) is 58.1 Å². The average molecular weight is 478 g/mol. The van der Waals surface area contributed by atoms with E-state index in [0.717, 1.165) is 50.0 Å². The average Bonchev–Trinajstić information content (AvgIpc) is 2.94. The maximum absolute atomic E-state index is 5.12. The number of fused-ring (bicyclic) bond motifs is 1. The van der Waals surface area contributed by atoms with Gasteiger partial charge >= 0.3 is 0 Å². The summed E-state index contributed by atoms with van der Waals surface area (Å²) in [5.41, 5.74) is 0.416. The molecule has 2 rings (SSSR count). The van der Waals surface area contributed by atoms with Crippen LogP contribution in [0.15, 0.2) is 4.99 Å². The van der Waals surface area contributed by atoms with Crippen molar-refractivity contribution < 1.29 is 4.74 Å². The van der Waals surface area contributed by atoms with E-state index in [9.17, 15) is 0 Å². The molecule has 0 fully saturated rings. The van der Waals surface area contributed by atoms with Crippen molar-refractivity contribution in [2.24, 2.45) is 10.4 Å². The fourth-order valence-corrected chi connectivity index (χ4v) is 3.04. The van der Waals surface area contributed by atoms with Gasteiger partial charge in [-0.2, -0.15) is 5.10 Å². The summed E-state index contributed by atoms with van der Waals surface area (Å²) in [6.45, 7) is 9.11. The molecule has 2 N–H and O–H groups in total. The van der Waals surface area contributed by atoms with E-state index in [-0.39, 0.29) is 24.0 Å². The summed E-state index contributed by atoms with van der Waals surface area (Å²) in [5.74, 6) is 2.69. The number of aryl methyl sites for hydroxylation is 1. The Morgan fingerprint density at radius 1 is 1.35 bits per heavy atom. The molecule has 1 aromatic heterocycles. The molecule has 1 unspecified atom stereocenters. The smallest absolute Gasteiger partial charge is 0.191 e. The summed E-state index contributed by atoms with van der Waals surface area (Å²) in [7, 11) is 3.49. The van der Waals surface area contributed by atoms with E-state index >= 15 is 0 Å². The highest BCUT2D eigenvalue weighted by Gasteiger charge is 2.22. The van der Waals surface area contributed by atoms with Crippen LogP contribution in [0.5, 0.6) is 0 Å². The Morgan fingerprint density at radius 2 is 2.12 bits per heavy atom. The molecule has 0 bridgehead atoms. The molecule has 2 heterocycles. The number of hydrogen-bond acceptors (Lipinski definition) is 4. The van der Waals surface area contributed by atoms with E-state index in [4.69, 9.17) is 4.74 Å². The third-order valence-corrected chi connectivity index (χ3v) is 4.39. The largest absolute Gasteiger partial charge is 0.377 e. The topological polar surface area (TPSA) is 76.4 Å². The maximum Gasteiger partial charge on any atom is 0.191 e. The summed E-state index contributed by atoms with van der Waals surface area (Å²) < 4.78 is 7.11. The van der Waals surface area contributed by atoms with Crippen LogP contribution in [-0.2, 0) is 24.3 Å². The third kappa shape index (κ3) is 7.77. The van der Waals surface area contributed by atoms with Crippen molar-refractivity contribution in [3.63, 3.8) is 0 Å². The van der Waals surface area contributed by atoms with Gasteiger partial charge in [-0.1, -0.05) is 27.2 Å². The SMILES string of the molecule is CN=C(NCCCCC(C)(C)C)NC1CCc2nc(COC)nn2C1.I. The van der Waals surface area contributed by atoms with Crippen LogP contribution in [0.3, 0.4) is 0 Å². The molecule has 1 aromatic rings. The molecule has 26 heavy (non-hydrogen) atoms. The van der Waals surface area contributed by atoms with Gasteiger partial charge in [0.1, 0.15) is 12.4 Å². The van der Waals surface area contributed by atoms with Crippen LogP contribution in [-0.4, -0.2) is 47.5 Å². The third-order valence-electron chi connectivity index (χ3n) is 4.39. The van der Waals surface area contributed by atoms with Gasteiger partial charge < -0.3 is 15.4 Å². The zero-order valence-corrected chi connectivity index (χ0v) is 19.2. The summed E-state index contributed by atoms with van der Waals surface area (Å²) in [4.78, 5) is 8.87. The van der Waals surface area contributed by atoms with E-state index in [1.54, 1.807) is 7.11 Å². The molecule has 1 aliphatic rings. The van der Waals surface area contributed by atoms with Crippen molar-refractivity contribution in [2.75, 3.05) is 20.7 Å². The Balaban J connectivity index is 0.00000338. The van der Waals surface area contributed by atoms with Gasteiger partial charge in [-0.3, -0.25) is 4.99 Å². The van der Waals surface area contributed by atoms with Crippen molar-refractivity contribution in [1.29, 1.82) is 0 Å². The first-order chi connectivity index (χ1) is 11.9. The first-order valence-corrected chi connectivity index (χ1v) is 9.30. The van der Waals surface area contributed by atoms with E-state index in [0.29, 0.717) is 18.1 Å². The van der Waals surface area contributed by atoms with Crippen LogP contribution in [0.4, 0.5) is 0 Å². The monoisotopic (exact) mass is 478 g/mol. The minimum atomic E-state index is 0. The van der Waals surface area contributed by atoms with Crippen molar-refractivity contribution in [1.82, 2.24) is 25.4 Å². The highest BCUT2D eigenvalue weighted by atomic mass is 127. The van der Waals surface area contributed by atoms with E-state index in [1.807, 2.05) is 11.7 Å². The van der Waals surface area contributed by atoms with Crippen molar-refractivity contribution in [3.05, 3.63) is 11.6 Å². The lowest BCUT2D eigenvalue weighted by Crippen LogP contribution is -2.47. The van der Waals surface area contributed by atoms with Gasteiger partial charge in [0.2, 0.25) is 0 Å². The second-order valence-electron chi connectivity index (χ2n) is 7.96. The maximum atomic E-state index is 5.12. The second kappa shape index (κ2) is 11.1. The Morgan fingerprint density at radius 3 is 2.77 bits per heavy atom. The van der Waals surface area contributed by atoms with Crippen LogP contribution < -0.4 is 10.6 Å². The number of methoxy groups -OCH3 is 1. The molecule has 0 saturated carbocycles. The van der Waals surface area contributed by atoms with Crippen LogP contribution in [0, 0.1) is 5.41 Å². The van der Waals surface area contributed by atoms with E-state index in [2.05, 4.69) is 46.5 Å². The summed E-state index contributed by atoms with van der Waals surface area (Å²) in [5, 5.41) is 11.5. The first-order valence-electron chi connectivity index (χ1n) is 9.30. The Hall–Kier alpha value is -0.900. The van der Waals surface area contributed by atoms with Gasteiger partial charge in [-0.05, 0) is 24.7 Å². The highest BCUT2D eigenvalue weighted by molar-refractivity contribution is 14.0. The zero-order valence-electron chi connectivity index (χ0n) is 16.8. The van der Waals surface area contributed by atoms with Gasteiger partial charge in [0, 0.05) is 33.2 Å². The zero-order chi connectivity index (χ0) is 18.3. The van der Waals surface area contributed by atoms with Gasteiger partial charge in [0.15, 0.2) is 11.8 Å². The number of unbranched alkanes of at least 4 members (excludes halogenated alkanes) is 1. The molecule has 1 atom stereocenters. The fraction of sp³-hybridized carbons (Fsp3) is 0.833. The number of nitrogens with one attached hydrogen (secondary N) is 2. The molecule has 0 aliphatic carbocycles. The standard InChI is InChI=1S/C18H34N6O.HI/c1-18(2,3)10-6-7-11-20-17(19-4)21-14-8-9-16-22-15(13-25-5)23-24(16)12-14;/h14H,6-13H2,1-5H3,(H2,19,20,21);1H. The minimum Gasteiger partial charge on any atom is -0.377 e. The minimum absolute atomic E-state index is 0. The molecule has 7 nitrogen and oxygen atoms in total. The van der Waals surface area contributed by atoms with Crippen molar-refractivity contribution >= 4 is 29.9 Å². The lowest BCUT2D eigenvalue weighted by molar-refractivity contribution is 0.177. The Bertz CT molecular complexity index is 567. The Labute approximate surface area is 174 Å². The molecule has 0 saturated heterocycles. The summed E-state index contributed by atoms with van der Waals surface area (Å²) in [6.07, 6.45) is 5.62. The molecule has 8 heteroatoms. The molecule has 0 amide bonds. The van der Waals surface area contributed by atoms with Crippen LogP contribution in [0.2, 0.25) is 0 Å². The predicted molar refractivity (Wildman–Crippen MR) is 116 cm³/mol. The predicted octanol–water partition coefficient (Wildman–Crippen LogP) is 2.74. The lowest BCUT2D eigenvalue weighted by atomic mass is 9.90. The Kier molecular flexibility index (Phi) is 9.84. The first kappa shape index (κ1) is 23.1. The van der Waals surface area contributed by atoms with Crippen LogP contribution in [0.25, 0.3) is 0 Å². The molecule has 1 aliphatic heterocycles. The number of rotatable bonds is 7. The number of halogens is 1. The fourth-order valence-electron chi connectivity index (χ4n) is 3.04. The quantitative estimate of drug-likeness (QED) is 0.273.